The molecule has 7 aromatic carbocycles. The first kappa shape index (κ1) is 25.3. The van der Waals surface area contributed by atoms with Gasteiger partial charge in [0.25, 0.3) is 0 Å². The highest BCUT2D eigenvalue weighted by molar-refractivity contribution is 7.85. The summed E-state index contributed by atoms with van der Waals surface area (Å²) in [6, 6.07) is 46.8. The highest BCUT2D eigenvalue weighted by atomic mass is 31.2. The van der Waals surface area contributed by atoms with Crippen LogP contribution in [0.25, 0.3) is 43.4 Å². The molecule has 0 unspecified atom stereocenters. The summed E-state index contributed by atoms with van der Waals surface area (Å²) in [6.07, 6.45) is 0. The second-order valence-corrected chi connectivity index (χ2v) is 14.9. The van der Waals surface area contributed by atoms with Crippen molar-refractivity contribution in [1.29, 1.82) is 0 Å². The van der Waals surface area contributed by atoms with Crippen LogP contribution in [0, 0.1) is 6.92 Å². The molecule has 1 nitrogen and oxygen atoms in total. The minimum atomic E-state index is -3.10. The van der Waals surface area contributed by atoms with Crippen LogP contribution in [0.1, 0.15) is 30.5 Å². The fourth-order valence-electron chi connectivity index (χ4n) is 7.34. The second kappa shape index (κ2) is 9.02. The van der Waals surface area contributed by atoms with Gasteiger partial charge in [0, 0.05) is 21.3 Å². The third-order valence-electron chi connectivity index (χ3n) is 9.42. The predicted molar refractivity (Wildman–Crippen MR) is 181 cm³/mol. The van der Waals surface area contributed by atoms with Crippen LogP contribution in [0.5, 0.6) is 0 Å². The van der Waals surface area contributed by atoms with E-state index in [2.05, 4.69) is 93.6 Å². The van der Waals surface area contributed by atoms with E-state index in [0.29, 0.717) is 0 Å². The van der Waals surface area contributed by atoms with E-state index in [1.165, 1.54) is 60.1 Å². The average Bonchev–Trinajstić information content (AvgIpc) is 3.26. The van der Waals surface area contributed by atoms with Gasteiger partial charge in [0.15, 0.2) is 7.14 Å². The minimum Gasteiger partial charge on any atom is -0.309 e. The first-order valence-corrected chi connectivity index (χ1v) is 16.3. The van der Waals surface area contributed by atoms with Crippen molar-refractivity contribution in [1.82, 2.24) is 0 Å². The van der Waals surface area contributed by atoms with Crippen LogP contribution in [0.2, 0.25) is 0 Å². The average molecular weight is 559 g/mol. The largest absolute Gasteiger partial charge is 0.309 e. The van der Waals surface area contributed by atoms with Crippen LogP contribution in [0.3, 0.4) is 0 Å². The molecule has 0 bridgehead atoms. The fraction of sp³-hybridized carbons (Fsp3) is 0.100. The van der Waals surface area contributed by atoms with Gasteiger partial charge in [-0.25, -0.2) is 0 Å². The van der Waals surface area contributed by atoms with E-state index in [1.807, 2.05) is 60.7 Å². The van der Waals surface area contributed by atoms with E-state index in [-0.39, 0.29) is 5.41 Å². The molecule has 0 saturated heterocycles. The van der Waals surface area contributed by atoms with E-state index < -0.39 is 7.14 Å². The van der Waals surface area contributed by atoms with Crippen molar-refractivity contribution in [3.63, 3.8) is 0 Å². The van der Waals surface area contributed by atoms with Gasteiger partial charge in [-0.2, -0.15) is 0 Å². The van der Waals surface area contributed by atoms with Crippen molar-refractivity contribution >= 4 is 55.4 Å². The van der Waals surface area contributed by atoms with Crippen molar-refractivity contribution in [2.24, 2.45) is 0 Å². The van der Waals surface area contributed by atoms with Gasteiger partial charge in [0.05, 0.1) is 0 Å². The lowest BCUT2D eigenvalue weighted by molar-refractivity contribution is 0.592. The number of aryl methyl sites for hydroxylation is 1. The summed E-state index contributed by atoms with van der Waals surface area (Å²) in [5.74, 6) is 0. The molecule has 2 heteroatoms. The molecule has 0 saturated carbocycles. The van der Waals surface area contributed by atoms with Gasteiger partial charge in [0.2, 0.25) is 0 Å². The zero-order valence-electron chi connectivity index (χ0n) is 24.1. The second-order valence-electron chi connectivity index (χ2n) is 12.1. The maximum atomic E-state index is 15.3. The van der Waals surface area contributed by atoms with Crippen LogP contribution in [0.15, 0.2) is 133 Å². The lowest BCUT2D eigenvalue weighted by atomic mass is 9.81. The van der Waals surface area contributed by atoms with E-state index >= 15 is 4.57 Å². The van der Waals surface area contributed by atoms with Crippen LogP contribution in [0.4, 0.5) is 0 Å². The molecule has 8 rings (SSSR count). The maximum Gasteiger partial charge on any atom is 0.171 e. The minimum absolute atomic E-state index is 0.245. The maximum absolute atomic E-state index is 15.3. The molecule has 202 valence electrons. The van der Waals surface area contributed by atoms with Gasteiger partial charge in [-0.15, -0.1) is 0 Å². The molecule has 7 aromatic rings. The van der Waals surface area contributed by atoms with E-state index in [4.69, 9.17) is 0 Å². The first-order chi connectivity index (χ1) is 20.4. The number of rotatable bonds is 3. The van der Waals surface area contributed by atoms with Crippen molar-refractivity contribution in [2.45, 2.75) is 26.2 Å². The summed E-state index contributed by atoms with van der Waals surface area (Å²) >= 11 is 0. The summed E-state index contributed by atoms with van der Waals surface area (Å²) in [5.41, 5.74) is 6.09. The Kier molecular flexibility index (Phi) is 5.43. The monoisotopic (exact) mass is 558 g/mol. The van der Waals surface area contributed by atoms with E-state index in [1.54, 1.807) is 0 Å². The molecule has 1 aliphatic rings. The molecule has 0 N–H and O–H groups in total. The molecular weight excluding hydrogens is 527 g/mol. The SMILES string of the molecule is Cc1cc(P(=O)(c2ccccc2)c2ccccc2)cc2c1-c1cc3c4ccccc4c4ccccc4c3cc1C2(C)C. The Bertz CT molecular complexity index is 2200. The lowest BCUT2D eigenvalue weighted by Crippen LogP contribution is -2.27. The Morgan fingerprint density at radius 3 is 1.45 bits per heavy atom. The summed E-state index contributed by atoms with van der Waals surface area (Å²) in [7, 11) is -3.10. The van der Waals surface area contributed by atoms with E-state index in [9.17, 15) is 0 Å². The summed E-state index contributed by atoms with van der Waals surface area (Å²) in [6.45, 7) is 6.84. The number of fused-ring (bicyclic) bond motifs is 9. The third kappa shape index (κ3) is 3.41. The molecule has 42 heavy (non-hydrogen) atoms. The van der Waals surface area contributed by atoms with Crippen LogP contribution < -0.4 is 15.9 Å². The summed E-state index contributed by atoms with van der Waals surface area (Å²) in [5, 5.41) is 10.4. The number of hydrogen-bond acceptors (Lipinski definition) is 1. The highest BCUT2D eigenvalue weighted by Gasteiger charge is 2.39. The lowest BCUT2D eigenvalue weighted by Gasteiger charge is -2.26. The van der Waals surface area contributed by atoms with Crippen LogP contribution in [-0.4, -0.2) is 0 Å². The van der Waals surface area contributed by atoms with Crippen LogP contribution in [-0.2, 0) is 9.98 Å². The van der Waals surface area contributed by atoms with Gasteiger partial charge < -0.3 is 4.57 Å². The van der Waals surface area contributed by atoms with Gasteiger partial charge in [-0.3, -0.25) is 0 Å². The van der Waals surface area contributed by atoms with Gasteiger partial charge in [-0.05, 0) is 91.3 Å². The standard InChI is InChI=1S/C40H31OP/c1-26-22-29(42(41,27-14-6-4-7-15-27)28-16-8-5-9-17-28)23-38-39(26)36-24-34-32-20-12-10-18-30(32)31-19-11-13-21-33(31)35(34)25-37(36)40(38,2)3/h4-25H,1-3H3. The summed E-state index contributed by atoms with van der Waals surface area (Å²) < 4.78 is 15.3. The third-order valence-corrected chi connectivity index (χ3v) is 12.5. The zero-order valence-corrected chi connectivity index (χ0v) is 25.0. The molecule has 0 radical (unpaired) electrons. The molecule has 0 fully saturated rings. The topological polar surface area (TPSA) is 17.1 Å². The smallest absolute Gasteiger partial charge is 0.171 e. The fourth-order valence-corrected chi connectivity index (χ4v) is 10.1. The Hall–Kier alpha value is -4.45. The van der Waals surface area contributed by atoms with Gasteiger partial charge in [0.1, 0.15) is 0 Å². The van der Waals surface area contributed by atoms with Crippen molar-refractivity contribution in [2.75, 3.05) is 0 Å². The molecule has 1 aliphatic carbocycles. The van der Waals surface area contributed by atoms with Gasteiger partial charge in [-0.1, -0.05) is 123 Å². The molecule has 0 aromatic heterocycles. The summed E-state index contributed by atoms with van der Waals surface area (Å²) in [4.78, 5) is 0. The zero-order chi connectivity index (χ0) is 28.6. The van der Waals surface area contributed by atoms with Crippen molar-refractivity contribution in [3.05, 3.63) is 150 Å². The predicted octanol–water partition coefficient (Wildman–Crippen LogP) is 9.40. The van der Waals surface area contributed by atoms with Gasteiger partial charge >= 0.3 is 0 Å². The number of benzene rings is 7. The molecule has 0 amide bonds. The molecule has 0 spiro atoms. The van der Waals surface area contributed by atoms with Crippen molar-refractivity contribution < 1.29 is 4.57 Å². The number of hydrogen-bond donors (Lipinski definition) is 0. The van der Waals surface area contributed by atoms with E-state index in [0.717, 1.165) is 15.9 Å². The molecule has 0 heterocycles. The highest BCUT2D eigenvalue weighted by Crippen LogP contribution is 2.54. The Labute approximate surface area is 246 Å². The molecule has 0 atom stereocenters. The Balaban J connectivity index is 1.43. The molecular formula is C40H31OP. The Morgan fingerprint density at radius 2 is 0.929 bits per heavy atom. The quantitative estimate of drug-likeness (QED) is 0.156. The first-order valence-electron chi connectivity index (χ1n) is 14.6. The normalized spacial score (nSPS) is 13.9. The molecule has 0 aliphatic heterocycles. The Morgan fingerprint density at radius 1 is 0.476 bits per heavy atom. The van der Waals surface area contributed by atoms with Crippen LogP contribution >= 0.6 is 7.14 Å². The van der Waals surface area contributed by atoms with Crippen molar-refractivity contribution in [3.8, 4) is 11.1 Å².